The molecule has 0 aromatic heterocycles. The van der Waals surface area contributed by atoms with Gasteiger partial charge in [-0.3, -0.25) is 0 Å². The zero-order valence-corrected chi connectivity index (χ0v) is 15.3. The lowest BCUT2D eigenvalue weighted by Gasteiger charge is -2.35. The highest BCUT2D eigenvalue weighted by Gasteiger charge is 2.23. The molecule has 0 bridgehead atoms. The maximum atomic E-state index is 11.8. The Morgan fingerprint density at radius 2 is 1.84 bits per heavy atom. The van der Waals surface area contributed by atoms with E-state index in [2.05, 4.69) is 10.2 Å². The maximum Gasteiger partial charge on any atom is 0.409 e. The van der Waals surface area contributed by atoms with E-state index in [9.17, 15) is 4.79 Å². The fraction of sp³-hybridized carbons (Fsp3) is 0.556. The highest BCUT2D eigenvalue weighted by molar-refractivity contribution is 5.80. The first-order valence-electron chi connectivity index (χ1n) is 8.76. The number of guanidine groups is 1. The van der Waals surface area contributed by atoms with Gasteiger partial charge in [0, 0.05) is 38.3 Å². The Hall–Kier alpha value is -2.44. The summed E-state index contributed by atoms with van der Waals surface area (Å²) < 4.78 is 10.4. The molecule has 7 nitrogen and oxygen atoms in total. The molecule has 1 amide bonds. The van der Waals surface area contributed by atoms with Crippen molar-refractivity contribution in [2.24, 2.45) is 4.99 Å². The van der Waals surface area contributed by atoms with Gasteiger partial charge in [-0.05, 0) is 19.9 Å². The molecule has 0 spiro atoms. The molecule has 0 atom stereocenters. The topological polar surface area (TPSA) is 66.4 Å². The standard InChI is InChI=1S/C18H28N4O3/c1-4-19-17(20-14-15-8-6-7-9-16(15)24-3)21-10-12-22(13-11-21)18(23)25-5-2/h6-9H,4-5,10-14H2,1-3H3,(H,19,20). The molecule has 0 radical (unpaired) electrons. The molecule has 138 valence electrons. The number of piperazine rings is 1. The first kappa shape index (κ1) is 18.9. The van der Waals surface area contributed by atoms with Crippen molar-refractivity contribution in [1.29, 1.82) is 0 Å². The number of benzene rings is 1. The van der Waals surface area contributed by atoms with Crippen LogP contribution in [0.5, 0.6) is 5.75 Å². The number of hydrogen-bond donors (Lipinski definition) is 1. The van der Waals surface area contributed by atoms with E-state index in [-0.39, 0.29) is 6.09 Å². The Morgan fingerprint density at radius 1 is 1.16 bits per heavy atom. The van der Waals surface area contributed by atoms with Gasteiger partial charge in [0.1, 0.15) is 5.75 Å². The summed E-state index contributed by atoms with van der Waals surface area (Å²) in [6.45, 7) is 8.35. The third-order valence-corrected chi connectivity index (χ3v) is 4.03. The van der Waals surface area contributed by atoms with Crippen LogP contribution in [-0.2, 0) is 11.3 Å². The molecule has 1 fully saturated rings. The summed E-state index contributed by atoms with van der Waals surface area (Å²) in [6, 6.07) is 7.89. The number of nitrogens with one attached hydrogen (secondary N) is 1. The normalized spacial score (nSPS) is 15.1. The summed E-state index contributed by atoms with van der Waals surface area (Å²) in [5.74, 6) is 1.70. The molecular formula is C18H28N4O3. The summed E-state index contributed by atoms with van der Waals surface area (Å²) in [7, 11) is 1.67. The second-order valence-electron chi connectivity index (χ2n) is 5.66. The molecule has 1 N–H and O–H groups in total. The molecule has 1 aliphatic rings. The van der Waals surface area contributed by atoms with Crippen molar-refractivity contribution in [3.63, 3.8) is 0 Å². The summed E-state index contributed by atoms with van der Waals surface area (Å²) >= 11 is 0. The van der Waals surface area contributed by atoms with Crippen molar-refractivity contribution in [2.75, 3.05) is 46.4 Å². The number of ether oxygens (including phenoxy) is 2. The number of methoxy groups -OCH3 is 1. The minimum atomic E-state index is -0.238. The van der Waals surface area contributed by atoms with Crippen LogP contribution in [0.25, 0.3) is 0 Å². The Morgan fingerprint density at radius 3 is 2.48 bits per heavy atom. The number of nitrogens with zero attached hydrogens (tertiary/aromatic N) is 3. The van der Waals surface area contributed by atoms with Gasteiger partial charge in [0.25, 0.3) is 0 Å². The minimum Gasteiger partial charge on any atom is -0.496 e. The zero-order chi connectivity index (χ0) is 18.1. The molecule has 1 aromatic rings. The van der Waals surface area contributed by atoms with Crippen molar-refractivity contribution >= 4 is 12.1 Å². The van der Waals surface area contributed by atoms with Crippen LogP contribution in [0, 0.1) is 0 Å². The van der Waals surface area contributed by atoms with Crippen molar-refractivity contribution in [3.8, 4) is 5.75 Å². The Balaban J connectivity index is 2.00. The third kappa shape index (κ3) is 5.27. The van der Waals surface area contributed by atoms with Gasteiger partial charge < -0.3 is 24.6 Å². The number of hydrogen-bond acceptors (Lipinski definition) is 4. The Kier molecular flexibility index (Phi) is 7.37. The van der Waals surface area contributed by atoms with Crippen LogP contribution in [0.3, 0.4) is 0 Å². The van der Waals surface area contributed by atoms with Crippen molar-refractivity contribution in [1.82, 2.24) is 15.1 Å². The van der Waals surface area contributed by atoms with Crippen molar-refractivity contribution < 1.29 is 14.3 Å². The van der Waals surface area contributed by atoms with Gasteiger partial charge in [0.2, 0.25) is 0 Å². The van der Waals surface area contributed by atoms with Crippen LogP contribution < -0.4 is 10.1 Å². The average Bonchev–Trinajstić information content (AvgIpc) is 2.65. The van der Waals surface area contributed by atoms with Crippen LogP contribution >= 0.6 is 0 Å². The Labute approximate surface area is 149 Å². The summed E-state index contributed by atoms with van der Waals surface area (Å²) in [5, 5.41) is 3.33. The average molecular weight is 348 g/mol. The van der Waals surface area contributed by atoms with E-state index in [1.165, 1.54) is 0 Å². The van der Waals surface area contributed by atoms with E-state index in [1.54, 1.807) is 12.0 Å². The Bertz CT molecular complexity index is 583. The fourth-order valence-electron chi connectivity index (χ4n) is 2.74. The van der Waals surface area contributed by atoms with Crippen LogP contribution in [0.2, 0.25) is 0 Å². The number of amides is 1. The van der Waals surface area contributed by atoms with Gasteiger partial charge in [-0.2, -0.15) is 0 Å². The lowest BCUT2D eigenvalue weighted by atomic mass is 10.2. The molecule has 1 saturated heterocycles. The number of aliphatic imine (C=N–C) groups is 1. The maximum absolute atomic E-state index is 11.8. The van der Waals surface area contributed by atoms with E-state index >= 15 is 0 Å². The second-order valence-corrected chi connectivity index (χ2v) is 5.66. The minimum absolute atomic E-state index is 0.238. The molecule has 1 heterocycles. The van der Waals surface area contributed by atoms with Crippen molar-refractivity contribution in [2.45, 2.75) is 20.4 Å². The molecule has 2 rings (SSSR count). The monoisotopic (exact) mass is 348 g/mol. The number of carbonyl (C=O) groups excluding carboxylic acids is 1. The highest BCUT2D eigenvalue weighted by atomic mass is 16.6. The first-order valence-corrected chi connectivity index (χ1v) is 8.76. The van der Waals surface area contributed by atoms with E-state index in [0.717, 1.165) is 36.9 Å². The molecule has 0 aliphatic carbocycles. The molecule has 0 saturated carbocycles. The highest BCUT2D eigenvalue weighted by Crippen LogP contribution is 2.18. The fourth-order valence-corrected chi connectivity index (χ4v) is 2.74. The SMILES string of the molecule is CCNC(=NCc1ccccc1OC)N1CCN(C(=O)OCC)CC1. The van der Waals surface area contributed by atoms with Gasteiger partial charge >= 0.3 is 6.09 Å². The number of para-hydroxylation sites is 1. The predicted octanol–water partition coefficient (Wildman–Crippen LogP) is 1.93. The van der Waals surface area contributed by atoms with Gasteiger partial charge in [-0.1, -0.05) is 18.2 Å². The lowest BCUT2D eigenvalue weighted by molar-refractivity contribution is 0.0914. The van der Waals surface area contributed by atoms with E-state index < -0.39 is 0 Å². The van der Waals surface area contributed by atoms with E-state index in [0.29, 0.717) is 26.2 Å². The van der Waals surface area contributed by atoms with Crippen molar-refractivity contribution in [3.05, 3.63) is 29.8 Å². The molecular weight excluding hydrogens is 320 g/mol. The third-order valence-electron chi connectivity index (χ3n) is 4.03. The van der Waals surface area contributed by atoms with Gasteiger partial charge in [-0.25, -0.2) is 9.79 Å². The zero-order valence-electron chi connectivity index (χ0n) is 15.3. The molecule has 7 heteroatoms. The smallest absolute Gasteiger partial charge is 0.409 e. The molecule has 1 aliphatic heterocycles. The predicted molar refractivity (Wildman–Crippen MR) is 98.0 cm³/mol. The number of rotatable bonds is 5. The molecule has 1 aromatic carbocycles. The van der Waals surface area contributed by atoms with Gasteiger partial charge in [0.05, 0.1) is 20.3 Å². The van der Waals surface area contributed by atoms with E-state index in [4.69, 9.17) is 14.5 Å². The number of carbonyl (C=O) groups is 1. The summed E-state index contributed by atoms with van der Waals surface area (Å²) in [5.41, 5.74) is 1.05. The van der Waals surface area contributed by atoms with Gasteiger partial charge in [0.15, 0.2) is 5.96 Å². The summed E-state index contributed by atoms with van der Waals surface area (Å²) in [4.78, 5) is 20.5. The quantitative estimate of drug-likeness (QED) is 0.651. The van der Waals surface area contributed by atoms with Crippen LogP contribution in [0.4, 0.5) is 4.79 Å². The van der Waals surface area contributed by atoms with Gasteiger partial charge in [-0.15, -0.1) is 0 Å². The second kappa shape index (κ2) is 9.76. The van der Waals surface area contributed by atoms with E-state index in [1.807, 2.05) is 38.1 Å². The van der Waals surface area contributed by atoms with Crippen LogP contribution in [0.15, 0.2) is 29.3 Å². The lowest BCUT2D eigenvalue weighted by Crippen LogP contribution is -2.53. The first-order chi connectivity index (χ1) is 12.2. The summed E-state index contributed by atoms with van der Waals surface area (Å²) in [6.07, 6.45) is -0.238. The van der Waals surface area contributed by atoms with Crippen LogP contribution in [0.1, 0.15) is 19.4 Å². The largest absolute Gasteiger partial charge is 0.496 e. The van der Waals surface area contributed by atoms with Crippen LogP contribution in [-0.4, -0.2) is 68.3 Å². The molecule has 0 unspecified atom stereocenters. The molecule has 25 heavy (non-hydrogen) atoms.